The van der Waals surface area contributed by atoms with Gasteiger partial charge in [-0.3, -0.25) is 4.99 Å². The van der Waals surface area contributed by atoms with Gasteiger partial charge in [-0.15, -0.1) is 11.8 Å². The zero-order chi connectivity index (χ0) is 15.9. The van der Waals surface area contributed by atoms with Crippen LogP contribution in [0.3, 0.4) is 0 Å². The highest BCUT2D eigenvalue weighted by molar-refractivity contribution is 8.14. The summed E-state index contributed by atoms with van der Waals surface area (Å²) < 4.78 is 5.37. The molecule has 0 radical (unpaired) electrons. The number of carboxylic acid groups (broad SMARTS) is 1. The summed E-state index contributed by atoms with van der Waals surface area (Å²) in [5, 5.41) is 10.2. The molecule has 2 aromatic rings. The number of carboxylic acids is 1. The molecule has 1 aromatic carbocycles. The van der Waals surface area contributed by atoms with Gasteiger partial charge in [-0.1, -0.05) is 0 Å². The summed E-state index contributed by atoms with van der Waals surface area (Å²) in [6.45, 7) is 0. The molecule has 0 spiro atoms. The molecule has 1 aliphatic heterocycles. The van der Waals surface area contributed by atoms with Crippen molar-refractivity contribution in [2.75, 3.05) is 24.7 Å². The standard InChI is InChI=1S/C15H14N2O4S/c1-17(2)9-4-3-8-5-10(15(20)21-12(8)6-9)13-16-11(7-22-13)14(18)19/h3-6,11H,7H2,1-2H3,(H,18,19)/t11-/m1/s1. The number of aliphatic carboxylic acids is 1. The summed E-state index contributed by atoms with van der Waals surface area (Å²) in [6, 6.07) is 6.49. The van der Waals surface area contributed by atoms with Crippen LogP contribution in [0.25, 0.3) is 11.0 Å². The number of hydrogen-bond donors (Lipinski definition) is 1. The lowest BCUT2D eigenvalue weighted by Crippen LogP contribution is -2.17. The number of aliphatic imine (C=N–C) groups is 1. The molecule has 0 fully saturated rings. The van der Waals surface area contributed by atoms with Crippen molar-refractivity contribution in [1.82, 2.24) is 0 Å². The lowest BCUT2D eigenvalue weighted by molar-refractivity contribution is -0.137. The molecule has 1 aliphatic rings. The fraction of sp³-hybridized carbons (Fsp3) is 0.267. The Morgan fingerprint density at radius 3 is 2.82 bits per heavy atom. The minimum Gasteiger partial charge on any atom is -0.480 e. The Kier molecular flexibility index (Phi) is 3.66. The predicted molar refractivity (Wildman–Crippen MR) is 87.2 cm³/mol. The monoisotopic (exact) mass is 318 g/mol. The van der Waals surface area contributed by atoms with Gasteiger partial charge in [-0.25, -0.2) is 9.59 Å². The Morgan fingerprint density at radius 1 is 1.41 bits per heavy atom. The van der Waals surface area contributed by atoms with Gasteiger partial charge in [0.2, 0.25) is 0 Å². The first-order valence-corrected chi connectivity index (χ1v) is 7.63. The lowest BCUT2D eigenvalue weighted by Gasteiger charge is -2.12. The van der Waals surface area contributed by atoms with E-state index in [4.69, 9.17) is 9.52 Å². The van der Waals surface area contributed by atoms with Crippen LogP contribution in [0, 0.1) is 0 Å². The number of fused-ring (bicyclic) bond motifs is 1. The van der Waals surface area contributed by atoms with Crippen LogP contribution in [0.5, 0.6) is 0 Å². The molecule has 22 heavy (non-hydrogen) atoms. The summed E-state index contributed by atoms with van der Waals surface area (Å²) in [5.41, 5.74) is 1.25. The third-order valence-electron chi connectivity index (χ3n) is 3.40. The average Bonchev–Trinajstić information content (AvgIpc) is 2.95. The van der Waals surface area contributed by atoms with Crippen molar-refractivity contribution in [2.24, 2.45) is 4.99 Å². The molecule has 1 aromatic heterocycles. The highest BCUT2D eigenvalue weighted by Crippen LogP contribution is 2.25. The van der Waals surface area contributed by atoms with Gasteiger partial charge in [0.1, 0.15) is 10.6 Å². The molecule has 7 heteroatoms. The number of nitrogens with zero attached hydrogens (tertiary/aromatic N) is 2. The normalized spacial score (nSPS) is 17.5. The van der Waals surface area contributed by atoms with Crippen molar-refractivity contribution >= 4 is 39.4 Å². The molecule has 0 bridgehead atoms. The molecule has 6 nitrogen and oxygen atoms in total. The van der Waals surface area contributed by atoms with E-state index >= 15 is 0 Å². The fourth-order valence-electron chi connectivity index (χ4n) is 2.17. The maximum Gasteiger partial charge on any atom is 0.346 e. The van der Waals surface area contributed by atoms with Gasteiger partial charge >= 0.3 is 11.6 Å². The van der Waals surface area contributed by atoms with E-state index in [1.807, 2.05) is 31.1 Å². The molecular weight excluding hydrogens is 304 g/mol. The smallest absolute Gasteiger partial charge is 0.346 e. The lowest BCUT2D eigenvalue weighted by atomic mass is 10.1. The maximum atomic E-state index is 12.2. The van der Waals surface area contributed by atoms with E-state index in [2.05, 4.69) is 4.99 Å². The third-order valence-corrected chi connectivity index (χ3v) is 4.48. The summed E-state index contributed by atoms with van der Waals surface area (Å²) in [6.07, 6.45) is 0. The molecule has 0 unspecified atom stereocenters. The molecule has 2 heterocycles. The van der Waals surface area contributed by atoms with E-state index in [1.165, 1.54) is 11.8 Å². The second-order valence-corrected chi connectivity index (χ2v) is 6.17. The van der Waals surface area contributed by atoms with Crippen LogP contribution < -0.4 is 10.5 Å². The molecule has 3 rings (SSSR count). The Morgan fingerprint density at radius 2 is 2.18 bits per heavy atom. The van der Waals surface area contributed by atoms with Gasteiger partial charge < -0.3 is 14.4 Å². The molecule has 0 saturated heterocycles. The predicted octanol–water partition coefficient (Wildman–Crippen LogP) is 1.81. The minimum absolute atomic E-state index is 0.318. The SMILES string of the molecule is CN(C)c1ccc2cc(C3=N[C@@H](C(=O)O)CS3)c(=O)oc2c1. The van der Waals surface area contributed by atoms with Gasteiger partial charge in [0.25, 0.3) is 0 Å². The van der Waals surface area contributed by atoms with Crippen molar-refractivity contribution in [3.8, 4) is 0 Å². The van der Waals surface area contributed by atoms with Crippen molar-refractivity contribution in [1.29, 1.82) is 0 Å². The number of benzene rings is 1. The van der Waals surface area contributed by atoms with Gasteiger partial charge in [0.05, 0.1) is 5.56 Å². The number of anilines is 1. The molecule has 1 N–H and O–H groups in total. The molecule has 0 saturated carbocycles. The maximum absolute atomic E-state index is 12.2. The first-order chi connectivity index (χ1) is 10.5. The highest BCUT2D eigenvalue weighted by Gasteiger charge is 2.27. The molecule has 1 atom stereocenters. The van der Waals surface area contributed by atoms with Crippen molar-refractivity contribution in [3.05, 3.63) is 40.2 Å². The Hall–Kier alpha value is -2.28. The zero-order valence-corrected chi connectivity index (χ0v) is 12.9. The molecule has 0 amide bonds. The zero-order valence-electron chi connectivity index (χ0n) is 12.1. The molecular formula is C15H14N2O4S. The number of carbonyl (C=O) groups is 1. The largest absolute Gasteiger partial charge is 0.480 e. The quantitative estimate of drug-likeness (QED) is 0.869. The second-order valence-electron chi connectivity index (χ2n) is 5.16. The topological polar surface area (TPSA) is 83.1 Å². The van der Waals surface area contributed by atoms with Crippen LogP contribution in [-0.4, -0.2) is 42.0 Å². The van der Waals surface area contributed by atoms with Crippen LogP contribution in [0.2, 0.25) is 0 Å². The summed E-state index contributed by atoms with van der Waals surface area (Å²) in [4.78, 5) is 29.1. The van der Waals surface area contributed by atoms with E-state index in [9.17, 15) is 9.59 Å². The average molecular weight is 318 g/mol. The molecule has 114 valence electrons. The van der Waals surface area contributed by atoms with E-state index in [-0.39, 0.29) is 0 Å². The fourth-order valence-corrected chi connectivity index (χ4v) is 3.21. The van der Waals surface area contributed by atoms with Crippen LogP contribution in [0.1, 0.15) is 5.56 Å². The van der Waals surface area contributed by atoms with Crippen molar-refractivity contribution in [2.45, 2.75) is 6.04 Å². The first kappa shape index (κ1) is 14.6. The van der Waals surface area contributed by atoms with Gasteiger partial charge in [-0.05, 0) is 18.2 Å². The van der Waals surface area contributed by atoms with Crippen molar-refractivity contribution in [3.63, 3.8) is 0 Å². The van der Waals surface area contributed by atoms with E-state index < -0.39 is 17.6 Å². The van der Waals surface area contributed by atoms with Crippen LogP contribution >= 0.6 is 11.8 Å². The number of rotatable bonds is 3. The summed E-state index contributed by atoms with van der Waals surface area (Å²) in [5.74, 6) is -0.648. The van der Waals surface area contributed by atoms with E-state index in [0.717, 1.165) is 11.1 Å². The Balaban J connectivity index is 2.07. The highest BCUT2D eigenvalue weighted by atomic mass is 32.2. The first-order valence-electron chi connectivity index (χ1n) is 6.65. The summed E-state index contributed by atoms with van der Waals surface area (Å²) >= 11 is 1.26. The van der Waals surface area contributed by atoms with Crippen LogP contribution in [0.15, 0.2) is 38.5 Å². The third kappa shape index (κ3) is 2.59. The Bertz CT molecular complexity index is 841. The molecule has 0 aliphatic carbocycles. The Labute approximate surface area is 130 Å². The number of hydrogen-bond acceptors (Lipinski definition) is 6. The summed E-state index contributed by atoms with van der Waals surface area (Å²) in [7, 11) is 3.81. The van der Waals surface area contributed by atoms with Gasteiger partial charge in [0, 0.05) is 37.0 Å². The van der Waals surface area contributed by atoms with Crippen LogP contribution in [-0.2, 0) is 4.79 Å². The minimum atomic E-state index is -0.983. The van der Waals surface area contributed by atoms with Crippen LogP contribution in [0.4, 0.5) is 5.69 Å². The van der Waals surface area contributed by atoms with E-state index in [0.29, 0.717) is 21.9 Å². The van der Waals surface area contributed by atoms with Gasteiger partial charge in [0.15, 0.2) is 6.04 Å². The van der Waals surface area contributed by atoms with Gasteiger partial charge in [-0.2, -0.15) is 0 Å². The number of thioether (sulfide) groups is 1. The second kappa shape index (κ2) is 5.49. The van der Waals surface area contributed by atoms with E-state index in [1.54, 1.807) is 12.1 Å². The van der Waals surface area contributed by atoms with Crippen molar-refractivity contribution < 1.29 is 14.3 Å².